The minimum atomic E-state index is -0.180. The van der Waals surface area contributed by atoms with Gasteiger partial charge < -0.3 is 4.42 Å². The third kappa shape index (κ3) is 3.16. The highest BCUT2D eigenvalue weighted by molar-refractivity contribution is 6.31. The fraction of sp³-hybridized carbons (Fsp3) is 0.143. The number of carbonyl (C=O) groups excluding carboxylic acids is 1. The smallest absolute Gasteiger partial charge is 0.274 e. The summed E-state index contributed by atoms with van der Waals surface area (Å²) in [6, 6.07) is 18.6. The second-order valence-corrected chi connectivity index (χ2v) is 6.75. The number of aryl methyl sites for hydroxylation is 1. The number of hydrogen-bond acceptors (Lipinski definition) is 3. The maximum Gasteiger partial charge on any atom is 0.274 e. The normalized spacial score (nSPS) is 16.6. The van der Waals surface area contributed by atoms with Crippen LogP contribution in [0.1, 0.15) is 39.7 Å². The number of hydrazone groups is 1. The lowest BCUT2D eigenvalue weighted by atomic mass is 9.99. The molecule has 0 saturated heterocycles. The van der Waals surface area contributed by atoms with E-state index in [4.69, 9.17) is 16.0 Å². The van der Waals surface area contributed by atoms with Crippen molar-refractivity contribution in [3.63, 3.8) is 0 Å². The van der Waals surface area contributed by atoms with Crippen LogP contribution in [0, 0.1) is 6.92 Å². The Hall–Kier alpha value is -2.85. The van der Waals surface area contributed by atoms with Crippen LogP contribution in [0.2, 0.25) is 5.02 Å². The fourth-order valence-corrected chi connectivity index (χ4v) is 3.37. The first-order valence-electron chi connectivity index (χ1n) is 8.39. The molecule has 5 heteroatoms. The molecule has 1 aromatic heterocycles. The van der Waals surface area contributed by atoms with E-state index in [2.05, 4.69) is 11.2 Å². The van der Waals surface area contributed by atoms with Gasteiger partial charge in [-0.3, -0.25) is 4.79 Å². The van der Waals surface area contributed by atoms with Gasteiger partial charge in [0.25, 0.3) is 5.91 Å². The van der Waals surface area contributed by atoms with Gasteiger partial charge in [0.1, 0.15) is 11.5 Å². The lowest BCUT2D eigenvalue weighted by Crippen LogP contribution is -2.27. The molecule has 0 N–H and O–H groups in total. The Morgan fingerprint density at radius 1 is 1.15 bits per heavy atom. The molecule has 1 aliphatic heterocycles. The zero-order valence-corrected chi connectivity index (χ0v) is 15.0. The van der Waals surface area contributed by atoms with Crippen LogP contribution < -0.4 is 0 Å². The van der Waals surface area contributed by atoms with E-state index in [1.54, 1.807) is 30.5 Å². The van der Waals surface area contributed by atoms with Crippen LogP contribution in [-0.4, -0.2) is 16.6 Å². The molecule has 26 heavy (non-hydrogen) atoms. The van der Waals surface area contributed by atoms with Gasteiger partial charge in [0.05, 0.1) is 12.3 Å². The molecule has 0 radical (unpaired) electrons. The zero-order valence-electron chi connectivity index (χ0n) is 14.2. The van der Waals surface area contributed by atoms with Crippen molar-refractivity contribution in [2.45, 2.75) is 19.4 Å². The van der Waals surface area contributed by atoms with E-state index >= 15 is 0 Å². The quantitative estimate of drug-likeness (QED) is 0.638. The molecule has 0 fully saturated rings. The summed E-state index contributed by atoms with van der Waals surface area (Å²) in [5.41, 5.74) is 3.46. The number of nitrogens with zero attached hydrogens (tertiary/aromatic N) is 2. The van der Waals surface area contributed by atoms with E-state index in [0.717, 1.165) is 16.8 Å². The van der Waals surface area contributed by atoms with Crippen molar-refractivity contribution < 1.29 is 9.21 Å². The van der Waals surface area contributed by atoms with Gasteiger partial charge in [0.2, 0.25) is 0 Å². The molecule has 0 unspecified atom stereocenters. The molecule has 1 aliphatic rings. The third-order valence-corrected chi connectivity index (χ3v) is 4.66. The average Bonchev–Trinajstić information content (AvgIpc) is 3.30. The van der Waals surface area contributed by atoms with E-state index < -0.39 is 0 Å². The SMILES string of the molecule is Cc1cccc([C@@H]2CC(c3ccco3)=NN2C(=O)c2cccc(Cl)c2)c1. The lowest BCUT2D eigenvalue weighted by Gasteiger charge is -2.22. The van der Waals surface area contributed by atoms with E-state index in [9.17, 15) is 4.79 Å². The van der Waals surface area contributed by atoms with Crippen LogP contribution in [0.5, 0.6) is 0 Å². The Kier molecular flexibility index (Phi) is 4.35. The molecule has 0 bridgehead atoms. The summed E-state index contributed by atoms with van der Waals surface area (Å²) in [4.78, 5) is 13.1. The molecular weight excluding hydrogens is 348 g/mol. The molecule has 130 valence electrons. The Morgan fingerprint density at radius 3 is 2.73 bits per heavy atom. The summed E-state index contributed by atoms with van der Waals surface area (Å²) in [6.07, 6.45) is 2.21. The lowest BCUT2D eigenvalue weighted by molar-refractivity contribution is 0.0711. The van der Waals surface area contributed by atoms with E-state index in [1.165, 1.54) is 5.01 Å². The predicted octanol–water partition coefficient (Wildman–Crippen LogP) is 5.23. The summed E-state index contributed by atoms with van der Waals surface area (Å²) >= 11 is 6.06. The molecule has 1 amide bonds. The summed E-state index contributed by atoms with van der Waals surface area (Å²) in [5.74, 6) is 0.504. The Bertz CT molecular complexity index is 979. The molecule has 3 aromatic rings. The van der Waals surface area contributed by atoms with Gasteiger partial charge in [-0.25, -0.2) is 5.01 Å². The van der Waals surface area contributed by atoms with Crippen LogP contribution in [0.4, 0.5) is 0 Å². The Morgan fingerprint density at radius 2 is 2.00 bits per heavy atom. The van der Waals surface area contributed by atoms with Crippen LogP contribution in [0.3, 0.4) is 0 Å². The standard InChI is InChI=1S/C21H17ClN2O2/c1-14-5-2-6-15(11-14)19-13-18(20-9-4-10-26-20)23-24(19)21(25)16-7-3-8-17(22)12-16/h2-12,19H,13H2,1H3/t19-/m0/s1. The molecule has 2 heterocycles. The minimum Gasteiger partial charge on any atom is -0.463 e. The molecule has 4 nitrogen and oxygen atoms in total. The molecule has 2 aromatic carbocycles. The van der Waals surface area contributed by atoms with Gasteiger partial charge in [-0.2, -0.15) is 5.10 Å². The maximum absolute atomic E-state index is 13.1. The van der Waals surface area contributed by atoms with Crippen molar-refractivity contribution in [1.82, 2.24) is 5.01 Å². The number of benzene rings is 2. The van der Waals surface area contributed by atoms with Gasteiger partial charge in [0, 0.05) is 17.0 Å². The van der Waals surface area contributed by atoms with Crippen molar-refractivity contribution in [3.8, 4) is 0 Å². The Balaban J connectivity index is 1.74. The number of furan rings is 1. The Labute approximate surface area is 156 Å². The summed E-state index contributed by atoms with van der Waals surface area (Å²) < 4.78 is 5.49. The number of rotatable bonds is 3. The van der Waals surface area contributed by atoms with E-state index in [-0.39, 0.29) is 11.9 Å². The van der Waals surface area contributed by atoms with Crippen LogP contribution >= 0.6 is 11.6 Å². The van der Waals surface area contributed by atoms with Crippen LogP contribution in [-0.2, 0) is 0 Å². The maximum atomic E-state index is 13.1. The number of amides is 1. The zero-order chi connectivity index (χ0) is 18.1. The summed E-state index contributed by atoms with van der Waals surface area (Å²) in [5, 5.41) is 6.65. The summed E-state index contributed by atoms with van der Waals surface area (Å²) in [6.45, 7) is 2.04. The largest absolute Gasteiger partial charge is 0.463 e. The topological polar surface area (TPSA) is 45.8 Å². The summed E-state index contributed by atoms with van der Waals surface area (Å²) in [7, 11) is 0. The van der Waals surface area contributed by atoms with Crippen molar-refractivity contribution in [2.75, 3.05) is 0 Å². The van der Waals surface area contributed by atoms with Crippen LogP contribution in [0.25, 0.3) is 0 Å². The third-order valence-electron chi connectivity index (χ3n) is 4.42. The molecule has 0 aliphatic carbocycles. The predicted molar refractivity (Wildman–Crippen MR) is 101 cm³/mol. The monoisotopic (exact) mass is 364 g/mol. The minimum absolute atomic E-state index is 0.179. The number of hydrogen-bond donors (Lipinski definition) is 0. The molecule has 0 spiro atoms. The molecule has 4 rings (SSSR count). The van der Waals surface area contributed by atoms with Gasteiger partial charge in [-0.15, -0.1) is 0 Å². The number of halogens is 1. The van der Waals surface area contributed by atoms with Crippen molar-refractivity contribution >= 4 is 23.2 Å². The second-order valence-electron chi connectivity index (χ2n) is 6.32. The van der Waals surface area contributed by atoms with Gasteiger partial charge in [-0.1, -0.05) is 47.5 Å². The van der Waals surface area contributed by atoms with Crippen LogP contribution in [0.15, 0.2) is 76.4 Å². The van der Waals surface area contributed by atoms with E-state index in [0.29, 0.717) is 22.8 Å². The highest BCUT2D eigenvalue weighted by Gasteiger charge is 2.34. The van der Waals surface area contributed by atoms with Gasteiger partial charge >= 0.3 is 0 Å². The second kappa shape index (κ2) is 6.81. The van der Waals surface area contributed by atoms with Crippen molar-refractivity contribution in [2.24, 2.45) is 5.10 Å². The van der Waals surface area contributed by atoms with Gasteiger partial charge in [0.15, 0.2) is 0 Å². The fourth-order valence-electron chi connectivity index (χ4n) is 3.18. The van der Waals surface area contributed by atoms with Gasteiger partial charge in [-0.05, 0) is 42.8 Å². The molecule has 1 atom stereocenters. The first-order chi connectivity index (χ1) is 12.6. The average molecular weight is 365 g/mol. The first-order valence-corrected chi connectivity index (χ1v) is 8.76. The highest BCUT2D eigenvalue weighted by Crippen LogP contribution is 2.34. The van der Waals surface area contributed by atoms with E-state index in [1.807, 2.05) is 37.3 Å². The first kappa shape index (κ1) is 16.6. The number of carbonyl (C=O) groups is 1. The highest BCUT2D eigenvalue weighted by atomic mass is 35.5. The van der Waals surface area contributed by atoms with Crippen molar-refractivity contribution in [1.29, 1.82) is 0 Å². The molecule has 0 saturated carbocycles. The van der Waals surface area contributed by atoms with Crippen molar-refractivity contribution in [3.05, 3.63) is 94.4 Å². The molecular formula is C21H17ClN2O2.